The van der Waals surface area contributed by atoms with Crippen LogP contribution in [0.2, 0.25) is 0 Å². The molecule has 0 fully saturated rings. The molecular formula is C15H14BFN4O. The lowest BCUT2D eigenvalue weighted by molar-refractivity contribution is 0.391. The number of nitriles is 1. The number of halogens is 1. The average Bonchev–Trinajstić information content (AvgIpc) is 2.54. The highest BCUT2D eigenvalue weighted by molar-refractivity contribution is 6.42. The van der Waals surface area contributed by atoms with E-state index in [1.54, 1.807) is 48.4 Å². The highest BCUT2D eigenvalue weighted by atomic mass is 19.1. The van der Waals surface area contributed by atoms with Crippen LogP contribution in [0, 0.1) is 17.0 Å². The van der Waals surface area contributed by atoms with Crippen molar-refractivity contribution >= 4 is 7.41 Å². The van der Waals surface area contributed by atoms with Gasteiger partial charge in [0.25, 0.3) is 0 Å². The van der Waals surface area contributed by atoms with Crippen LogP contribution in [0.15, 0.2) is 70.5 Å². The van der Waals surface area contributed by atoms with Gasteiger partial charge in [0, 0.05) is 11.5 Å². The first-order chi connectivity index (χ1) is 10.6. The summed E-state index contributed by atoms with van der Waals surface area (Å²) in [5.41, 5.74) is 1.31. The monoisotopic (exact) mass is 296 g/mol. The van der Waals surface area contributed by atoms with Crippen LogP contribution in [0.25, 0.3) is 0 Å². The summed E-state index contributed by atoms with van der Waals surface area (Å²) in [7, 11) is 0.240. The number of allylic oxidation sites excluding steroid dienone is 3. The molecule has 0 saturated heterocycles. The summed E-state index contributed by atoms with van der Waals surface area (Å²) in [5, 5.41) is 26.3. The van der Waals surface area contributed by atoms with Crippen molar-refractivity contribution in [1.82, 2.24) is 4.81 Å². The molecule has 0 radical (unpaired) electrons. The van der Waals surface area contributed by atoms with Crippen LogP contribution in [0.5, 0.6) is 0 Å². The molecule has 0 aromatic heterocycles. The molecule has 22 heavy (non-hydrogen) atoms. The molecule has 1 N–H and O–H groups in total. The quantitative estimate of drug-likeness (QED) is 0.526. The van der Waals surface area contributed by atoms with Crippen LogP contribution in [-0.2, 0) is 0 Å². The molecule has 0 saturated carbocycles. The van der Waals surface area contributed by atoms with Gasteiger partial charge in [-0.1, -0.05) is 12.1 Å². The SMILES string of the molecule is CC(N=NC(O)=C1C=CN(BC#N)C=C1)c1ccc(F)cc1. The van der Waals surface area contributed by atoms with Crippen LogP contribution in [0.3, 0.4) is 0 Å². The van der Waals surface area contributed by atoms with E-state index in [9.17, 15) is 9.50 Å². The molecule has 0 bridgehead atoms. The fourth-order valence-electron chi connectivity index (χ4n) is 1.80. The van der Waals surface area contributed by atoms with Crippen LogP contribution in [-0.4, -0.2) is 17.3 Å². The molecule has 110 valence electrons. The number of aliphatic hydroxyl groups excluding tert-OH is 1. The third kappa shape index (κ3) is 4.06. The molecule has 2 rings (SSSR count). The van der Waals surface area contributed by atoms with Gasteiger partial charge in [0.15, 0.2) is 0 Å². The number of benzene rings is 1. The first-order valence-corrected chi connectivity index (χ1v) is 6.69. The Morgan fingerprint density at radius 3 is 2.55 bits per heavy atom. The van der Waals surface area contributed by atoms with Gasteiger partial charge in [0.2, 0.25) is 5.88 Å². The van der Waals surface area contributed by atoms with Gasteiger partial charge in [0.05, 0.1) is 6.04 Å². The number of azo groups is 1. The Labute approximate surface area is 128 Å². The maximum atomic E-state index is 12.9. The second kappa shape index (κ2) is 7.22. The van der Waals surface area contributed by atoms with Crippen LogP contribution < -0.4 is 0 Å². The molecule has 1 atom stereocenters. The topological polar surface area (TPSA) is 72.0 Å². The Bertz CT molecular complexity index is 672. The van der Waals surface area contributed by atoms with Crippen LogP contribution in [0.1, 0.15) is 18.5 Å². The number of aliphatic hydroxyl groups is 1. The molecule has 1 aromatic carbocycles. The van der Waals surface area contributed by atoms with Gasteiger partial charge in [-0.25, -0.2) is 9.65 Å². The summed E-state index contributed by atoms with van der Waals surface area (Å²) < 4.78 is 12.9. The third-order valence-corrected chi connectivity index (χ3v) is 3.08. The van der Waals surface area contributed by atoms with Gasteiger partial charge >= 0.3 is 7.41 Å². The molecule has 1 unspecified atom stereocenters. The zero-order valence-electron chi connectivity index (χ0n) is 12.0. The molecule has 0 aliphatic carbocycles. The highest BCUT2D eigenvalue weighted by Gasteiger charge is 2.07. The predicted molar refractivity (Wildman–Crippen MR) is 82.2 cm³/mol. The Kier molecular flexibility index (Phi) is 5.09. The lowest BCUT2D eigenvalue weighted by Gasteiger charge is -2.14. The van der Waals surface area contributed by atoms with Crippen molar-refractivity contribution in [2.75, 3.05) is 0 Å². The van der Waals surface area contributed by atoms with E-state index < -0.39 is 0 Å². The minimum absolute atomic E-state index is 0.210. The molecule has 1 heterocycles. The molecule has 0 amide bonds. The molecule has 1 aliphatic heterocycles. The predicted octanol–water partition coefficient (Wildman–Crippen LogP) is 3.28. The van der Waals surface area contributed by atoms with E-state index in [0.717, 1.165) is 5.56 Å². The summed E-state index contributed by atoms with van der Waals surface area (Å²) in [6.45, 7) is 1.80. The molecule has 0 spiro atoms. The van der Waals surface area contributed by atoms with E-state index in [1.807, 2.05) is 5.97 Å². The lowest BCUT2D eigenvalue weighted by atomic mass is 9.95. The molecule has 1 aliphatic rings. The largest absolute Gasteiger partial charge is 0.492 e. The minimum atomic E-state index is -0.308. The fraction of sp³-hybridized carbons (Fsp3) is 0.133. The summed E-state index contributed by atoms with van der Waals surface area (Å²) in [4.78, 5) is 1.68. The van der Waals surface area contributed by atoms with Crippen molar-refractivity contribution < 1.29 is 9.50 Å². The Balaban J connectivity index is 2.05. The van der Waals surface area contributed by atoms with E-state index >= 15 is 0 Å². The number of hydrogen-bond donors (Lipinski definition) is 1. The third-order valence-electron chi connectivity index (χ3n) is 3.08. The van der Waals surface area contributed by atoms with Crippen molar-refractivity contribution in [3.8, 4) is 5.97 Å². The van der Waals surface area contributed by atoms with Crippen molar-refractivity contribution in [2.45, 2.75) is 13.0 Å². The smallest absolute Gasteiger partial charge is 0.364 e. The zero-order valence-corrected chi connectivity index (χ0v) is 12.0. The summed E-state index contributed by atoms with van der Waals surface area (Å²) in [6.07, 6.45) is 6.64. The average molecular weight is 296 g/mol. The van der Waals surface area contributed by atoms with Crippen LogP contribution >= 0.6 is 0 Å². The first kappa shape index (κ1) is 15.5. The van der Waals surface area contributed by atoms with Crippen molar-refractivity contribution in [2.24, 2.45) is 10.2 Å². The zero-order chi connectivity index (χ0) is 15.9. The first-order valence-electron chi connectivity index (χ1n) is 6.69. The Hall–Kier alpha value is -2.88. The highest BCUT2D eigenvalue weighted by Crippen LogP contribution is 2.19. The number of rotatable bonds is 4. The van der Waals surface area contributed by atoms with Gasteiger partial charge in [-0.15, -0.1) is 5.11 Å². The lowest BCUT2D eigenvalue weighted by Crippen LogP contribution is -2.15. The summed E-state index contributed by atoms with van der Waals surface area (Å²) in [6, 6.07) is 5.67. The van der Waals surface area contributed by atoms with Gasteiger partial charge in [-0.2, -0.15) is 5.11 Å². The second-order valence-corrected chi connectivity index (χ2v) is 4.68. The van der Waals surface area contributed by atoms with Gasteiger partial charge in [-0.05, 0) is 49.2 Å². The van der Waals surface area contributed by atoms with Crippen molar-refractivity contribution in [1.29, 1.82) is 5.26 Å². The molecule has 5 nitrogen and oxygen atoms in total. The standard InChI is InChI=1S/C15H14BFN4O/c1-11(12-2-4-14(17)5-3-12)19-20-15(22)13-6-8-21(9-7-13)16-10-18/h2-9,11,16,22H,1H3. The van der Waals surface area contributed by atoms with Gasteiger partial charge < -0.3 is 9.92 Å². The Morgan fingerprint density at radius 1 is 1.32 bits per heavy atom. The van der Waals surface area contributed by atoms with Crippen molar-refractivity contribution in [3.63, 3.8) is 0 Å². The maximum Gasteiger partial charge on any atom is 0.364 e. The van der Waals surface area contributed by atoms with E-state index in [4.69, 9.17) is 5.26 Å². The summed E-state index contributed by atoms with van der Waals surface area (Å²) in [5.74, 6) is 1.50. The summed E-state index contributed by atoms with van der Waals surface area (Å²) >= 11 is 0. The molecular weight excluding hydrogens is 282 g/mol. The maximum absolute atomic E-state index is 12.9. The van der Waals surface area contributed by atoms with E-state index in [0.29, 0.717) is 5.57 Å². The molecule has 1 aromatic rings. The van der Waals surface area contributed by atoms with Crippen molar-refractivity contribution in [3.05, 3.63) is 71.7 Å². The Morgan fingerprint density at radius 2 is 1.95 bits per heavy atom. The number of nitrogens with zero attached hydrogens (tertiary/aromatic N) is 4. The number of hydrogen-bond acceptors (Lipinski definition) is 5. The van der Waals surface area contributed by atoms with E-state index in [1.165, 1.54) is 12.1 Å². The molecule has 7 heteroatoms. The van der Waals surface area contributed by atoms with E-state index in [2.05, 4.69) is 10.2 Å². The van der Waals surface area contributed by atoms with Crippen LogP contribution in [0.4, 0.5) is 4.39 Å². The normalized spacial score (nSPS) is 15.0. The van der Waals surface area contributed by atoms with E-state index in [-0.39, 0.29) is 25.2 Å². The minimum Gasteiger partial charge on any atom is -0.492 e. The fourth-order valence-corrected chi connectivity index (χ4v) is 1.80. The van der Waals surface area contributed by atoms with Gasteiger partial charge in [-0.3, -0.25) is 0 Å². The second-order valence-electron chi connectivity index (χ2n) is 4.68. The van der Waals surface area contributed by atoms with Gasteiger partial charge in [0.1, 0.15) is 5.82 Å².